The van der Waals surface area contributed by atoms with Gasteiger partial charge in [-0.05, 0) is 12.3 Å². The molecule has 0 spiro atoms. The molecule has 1 aromatic heterocycles. The van der Waals surface area contributed by atoms with Crippen LogP contribution in [0.3, 0.4) is 0 Å². The third-order valence-electron chi connectivity index (χ3n) is 3.61. The molecular weight excluding hydrogens is 276 g/mol. The van der Waals surface area contributed by atoms with Gasteiger partial charge in [0.25, 0.3) is 0 Å². The van der Waals surface area contributed by atoms with E-state index in [0.29, 0.717) is 23.3 Å². The summed E-state index contributed by atoms with van der Waals surface area (Å²) in [5.74, 6) is 0.880. The maximum absolute atomic E-state index is 12.0. The van der Waals surface area contributed by atoms with Gasteiger partial charge in [-0.25, -0.2) is 0 Å². The molecule has 1 fully saturated rings. The SMILES string of the molecule is CC(C)CCC(=O)N1CCN(Cn2cc(Cl)cn2)CC1. The van der Waals surface area contributed by atoms with E-state index in [0.717, 1.165) is 39.3 Å². The van der Waals surface area contributed by atoms with Gasteiger partial charge in [-0.2, -0.15) is 5.10 Å². The van der Waals surface area contributed by atoms with Crippen molar-refractivity contribution < 1.29 is 4.79 Å². The second-order valence-electron chi connectivity index (χ2n) is 5.77. The van der Waals surface area contributed by atoms with Crippen LogP contribution in [0.2, 0.25) is 5.02 Å². The fourth-order valence-electron chi connectivity index (χ4n) is 2.33. The molecule has 2 rings (SSSR count). The molecule has 6 heteroatoms. The molecule has 2 heterocycles. The average Bonchev–Trinajstić information content (AvgIpc) is 2.82. The Bertz CT molecular complexity index is 438. The molecule has 0 aromatic carbocycles. The number of carbonyl (C=O) groups excluding carboxylic acids is 1. The number of carbonyl (C=O) groups is 1. The predicted molar refractivity (Wildman–Crippen MR) is 79.5 cm³/mol. The van der Waals surface area contributed by atoms with E-state index in [1.165, 1.54) is 0 Å². The lowest BCUT2D eigenvalue weighted by Gasteiger charge is -2.34. The van der Waals surface area contributed by atoms with Crippen molar-refractivity contribution in [3.8, 4) is 0 Å². The van der Waals surface area contributed by atoms with E-state index in [1.807, 2.05) is 15.8 Å². The van der Waals surface area contributed by atoms with Crippen molar-refractivity contribution in [1.82, 2.24) is 19.6 Å². The van der Waals surface area contributed by atoms with Crippen molar-refractivity contribution >= 4 is 17.5 Å². The highest BCUT2D eigenvalue weighted by Gasteiger charge is 2.21. The molecule has 0 atom stereocenters. The van der Waals surface area contributed by atoms with Crippen LogP contribution in [-0.2, 0) is 11.5 Å². The number of nitrogens with zero attached hydrogens (tertiary/aromatic N) is 4. The Morgan fingerprint density at radius 3 is 2.60 bits per heavy atom. The Balaban J connectivity index is 1.73. The van der Waals surface area contributed by atoms with Gasteiger partial charge in [-0.15, -0.1) is 0 Å². The minimum absolute atomic E-state index is 0.292. The summed E-state index contributed by atoms with van der Waals surface area (Å²) in [4.78, 5) is 16.3. The summed E-state index contributed by atoms with van der Waals surface area (Å²) in [6.45, 7) is 8.45. The zero-order valence-electron chi connectivity index (χ0n) is 12.3. The Labute approximate surface area is 125 Å². The molecule has 0 unspecified atom stereocenters. The zero-order chi connectivity index (χ0) is 14.5. The van der Waals surface area contributed by atoms with Crippen molar-refractivity contribution in [2.75, 3.05) is 26.2 Å². The first kappa shape index (κ1) is 15.3. The maximum atomic E-state index is 12.0. The molecule has 5 nitrogen and oxygen atoms in total. The van der Waals surface area contributed by atoms with Crippen molar-refractivity contribution in [3.05, 3.63) is 17.4 Å². The van der Waals surface area contributed by atoms with E-state index in [9.17, 15) is 4.79 Å². The van der Waals surface area contributed by atoms with Crippen LogP contribution in [0.4, 0.5) is 0 Å². The molecule has 0 saturated carbocycles. The van der Waals surface area contributed by atoms with Gasteiger partial charge in [0.05, 0.1) is 17.9 Å². The number of aromatic nitrogens is 2. The van der Waals surface area contributed by atoms with Gasteiger partial charge < -0.3 is 4.90 Å². The molecule has 0 bridgehead atoms. The standard InChI is InChI=1S/C14H23ClN4O/c1-12(2)3-4-14(20)18-7-5-17(6-8-18)11-19-10-13(15)9-16-19/h9-10,12H,3-8,11H2,1-2H3. The summed E-state index contributed by atoms with van der Waals surface area (Å²) in [6.07, 6.45) is 5.12. The molecule has 0 N–H and O–H groups in total. The highest BCUT2D eigenvalue weighted by molar-refractivity contribution is 6.30. The van der Waals surface area contributed by atoms with Crippen molar-refractivity contribution in [2.45, 2.75) is 33.4 Å². The van der Waals surface area contributed by atoms with Gasteiger partial charge in [0.15, 0.2) is 0 Å². The summed E-state index contributed by atoms with van der Waals surface area (Å²) >= 11 is 5.85. The monoisotopic (exact) mass is 298 g/mol. The number of halogens is 1. The lowest BCUT2D eigenvalue weighted by molar-refractivity contribution is -0.133. The minimum atomic E-state index is 0.292. The van der Waals surface area contributed by atoms with Gasteiger partial charge in [-0.1, -0.05) is 25.4 Å². The number of rotatable bonds is 5. The van der Waals surface area contributed by atoms with Crippen molar-refractivity contribution in [2.24, 2.45) is 5.92 Å². The van der Waals surface area contributed by atoms with Crippen LogP contribution in [0.25, 0.3) is 0 Å². The summed E-state index contributed by atoms with van der Waals surface area (Å²) in [5, 5.41) is 4.84. The van der Waals surface area contributed by atoms with Gasteiger partial charge in [-0.3, -0.25) is 14.4 Å². The summed E-state index contributed by atoms with van der Waals surface area (Å²) in [6, 6.07) is 0. The van der Waals surface area contributed by atoms with Crippen molar-refractivity contribution in [3.63, 3.8) is 0 Å². The third-order valence-corrected chi connectivity index (χ3v) is 3.80. The van der Waals surface area contributed by atoms with Crippen LogP contribution in [0.1, 0.15) is 26.7 Å². The fourth-order valence-corrected chi connectivity index (χ4v) is 2.49. The summed E-state index contributed by atoms with van der Waals surface area (Å²) in [7, 11) is 0. The normalized spacial score (nSPS) is 16.9. The number of hydrogen-bond acceptors (Lipinski definition) is 3. The molecular formula is C14H23ClN4O. The second-order valence-corrected chi connectivity index (χ2v) is 6.21. The van der Waals surface area contributed by atoms with Crippen LogP contribution in [0.15, 0.2) is 12.4 Å². The number of amides is 1. The van der Waals surface area contributed by atoms with E-state index >= 15 is 0 Å². The number of hydrogen-bond donors (Lipinski definition) is 0. The third kappa shape index (κ3) is 4.49. The number of piperazine rings is 1. The molecule has 112 valence electrons. The van der Waals surface area contributed by atoms with Crippen LogP contribution in [-0.4, -0.2) is 51.7 Å². The highest BCUT2D eigenvalue weighted by atomic mass is 35.5. The molecule has 1 aliphatic rings. The topological polar surface area (TPSA) is 41.4 Å². The molecule has 0 aliphatic carbocycles. The average molecular weight is 299 g/mol. The zero-order valence-corrected chi connectivity index (χ0v) is 13.0. The Kier molecular flexibility index (Phi) is 5.43. The molecule has 1 amide bonds. The van der Waals surface area contributed by atoms with Crippen LogP contribution in [0, 0.1) is 5.92 Å². The largest absolute Gasteiger partial charge is 0.340 e. The summed E-state index contributed by atoms with van der Waals surface area (Å²) < 4.78 is 1.83. The van der Waals surface area contributed by atoms with E-state index in [2.05, 4.69) is 23.8 Å². The Hall–Kier alpha value is -1.07. The maximum Gasteiger partial charge on any atom is 0.222 e. The smallest absolute Gasteiger partial charge is 0.222 e. The first-order chi connectivity index (χ1) is 9.54. The Morgan fingerprint density at radius 2 is 2.05 bits per heavy atom. The highest BCUT2D eigenvalue weighted by Crippen LogP contribution is 2.10. The fraction of sp³-hybridized carbons (Fsp3) is 0.714. The first-order valence-electron chi connectivity index (χ1n) is 7.22. The molecule has 1 saturated heterocycles. The van der Waals surface area contributed by atoms with Crippen LogP contribution < -0.4 is 0 Å². The van der Waals surface area contributed by atoms with Crippen LogP contribution >= 0.6 is 11.6 Å². The predicted octanol–water partition coefficient (Wildman–Crippen LogP) is 2.07. The molecule has 0 radical (unpaired) electrons. The molecule has 1 aliphatic heterocycles. The van der Waals surface area contributed by atoms with E-state index in [1.54, 1.807) is 6.20 Å². The van der Waals surface area contributed by atoms with Gasteiger partial charge in [0.1, 0.15) is 0 Å². The molecule has 20 heavy (non-hydrogen) atoms. The van der Waals surface area contributed by atoms with Gasteiger partial charge >= 0.3 is 0 Å². The van der Waals surface area contributed by atoms with E-state index in [-0.39, 0.29) is 0 Å². The van der Waals surface area contributed by atoms with Gasteiger partial charge in [0.2, 0.25) is 5.91 Å². The Morgan fingerprint density at radius 1 is 1.35 bits per heavy atom. The quantitative estimate of drug-likeness (QED) is 0.836. The lowest BCUT2D eigenvalue weighted by atomic mass is 10.1. The van der Waals surface area contributed by atoms with E-state index < -0.39 is 0 Å². The summed E-state index contributed by atoms with van der Waals surface area (Å²) in [5.41, 5.74) is 0. The van der Waals surface area contributed by atoms with Crippen LogP contribution in [0.5, 0.6) is 0 Å². The lowest BCUT2D eigenvalue weighted by Crippen LogP contribution is -2.49. The van der Waals surface area contributed by atoms with Crippen molar-refractivity contribution in [1.29, 1.82) is 0 Å². The molecule has 1 aromatic rings. The van der Waals surface area contributed by atoms with E-state index in [4.69, 9.17) is 11.6 Å². The minimum Gasteiger partial charge on any atom is -0.340 e. The second kappa shape index (κ2) is 7.09. The van der Waals surface area contributed by atoms with Gasteiger partial charge in [0, 0.05) is 38.8 Å². The first-order valence-corrected chi connectivity index (χ1v) is 7.60.